The maximum absolute atomic E-state index is 5.74. The van der Waals surface area contributed by atoms with Gasteiger partial charge in [0.1, 0.15) is 0 Å². The number of rotatable bonds is 1. The minimum atomic E-state index is 0.303. The van der Waals surface area contributed by atoms with E-state index < -0.39 is 0 Å². The largest absolute Gasteiger partial charge is 0.372 e. The second-order valence-electron chi connectivity index (χ2n) is 4.62. The van der Waals surface area contributed by atoms with Gasteiger partial charge < -0.3 is 9.64 Å². The van der Waals surface area contributed by atoms with E-state index in [1.54, 1.807) is 0 Å². The van der Waals surface area contributed by atoms with Crippen LogP contribution in [0.1, 0.15) is 19.4 Å². The molecule has 0 N–H and O–H groups in total. The van der Waals surface area contributed by atoms with E-state index in [4.69, 9.17) is 4.74 Å². The quantitative estimate of drug-likeness (QED) is 0.784. The van der Waals surface area contributed by atoms with Crippen molar-refractivity contribution in [1.82, 2.24) is 0 Å². The van der Waals surface area contributed by atoms with E-state index in [1.807, 2.05) is 0 Å². The fraction of sp³-hybridized carbons (Fsp3) is 0.538. The van der Waals surface area contributed by atoms with Crippen LogP contribution < -0.4 is 4.90 Å². The molecule has 0 aliphatic carbocycles. The SMILES string of the molecule is Cc1ccc(N2C[C@@H](C)O[C@@H](C)C2)c(Br)c1. The van der Waals surface area contributed by atoms with Gasteiger partial charge in [-0.15, -0.1) is 0 Å². The van der Waals surface area contributed by atoms with Crippen LogP contribution in [0.3, 0.4) is 0 Å². The third-order valence-corrected chi connectivity index (χ3v) is 3.50. The summed E-state index contributed by atoms with van der Waals surface area (Å²) in [7, 11) is 0. The summed E-state index contributed by atoms with van der Waals surface area (Å²) in [5.41, 5.74) is 2.55. The fourth-order valence-corrected chi connectivity index (χ4v) is 2.99. The molecule has 1 fully saturated rings. The molecule has 1 aliphatic rings. The number of morpholine rings is 1. The molecule has 0 amide bonds. The average molecular weight is 284 g/mol. The third kappa shape index (κ3) is 2.58. The Morgan fingerprint density at radius 2 is 1.88 bits per heavy atom. The van der Waals surface area contributed by atoms with Gasteiger partial charge in [0.2, 0.25) is 0 Å². The molecule has 2 rings (SSSR count). The zero-order valence-electron chi connectivity index (χ0n) is 10.0. The van der Waals surface area contributed by atoms with Gasteiger partial charge in [-0.2, -0.15) is 0 Å². The van der Waals surface area contributed by atoms with E-state index in [0.717, 1.165) is 13.1 Å². The van der Waals surface area contributed by atoms with Crippen LogP contribution in [0, 0.1) is 6.92 Å². The van der Waals surface area contributed by atoms with Crippen molar-refractivity contribution >= 4 is 21.6 Å². The molecule has 16 heavy (non-hydrogen) atoms. The lowest BCUT2D eigenvalue weighted by atomic mass is 10.1. The van der Waals surface area contributed by atoms with Gasteiger partial charge in [0, 0.05) is 17.6 Å². The van der Waals surface area contributed by atoms with E-state index in [-0.39, 0.29) is 0 Å². The summed E-state index contributed by atoms with van der Waals surface area (Å²) in [4.78, 5) is 2.39. The summed E-state index contributed by atoms with van der Waals surface area (Å²) in [6.07, 6.45) is 0.605. The Hall–Kier alpha value is -0.540. The molecular weight excluding hydrogens is 266 g/mol. The van der Waals surface area contributed by atoms with Crippen molar-refractivity contribution in [3.63, 3.8) is 0 Å². The average Bonchev–Trinajstić information content (AvgIpc) is 2.15. The smallest absolute Gasteiger partial charge is 0.0726 e. The molecule has 0 bridgehead atoms. The normalized spacial score (nSPS) is 25.9. The molecule has 2 atom stereocenters. The molecule has 2 nitrogen and oxygen atoms in total. The van der Waals surface area contributed by atoms with Crippen LogP contribution in [0.25, 0.3) is 0 Å². The molecule has 0 unspecified atom stereocenters. The third-order valence-electron chi connectivity index (χ3n) is 2.86. The topological polar surface area (TPSA) is 12.5 Å². The van der Waals surface area contributed by atoms with Gasteiger partial charge >= 0.3 is 0 Å². The van der Waals surface area contributed by atoms with Crippen molar-refractivity contribution in [2.75, 3.05) is 18.0 Å². The van der Waals surface area contributed by atoms with Crippen LogP contribution in [-0.2, 0) is 4.74 Å². The Labute approximate surface area is 106 Å². The second kappa shape index (κ2) is 4.76. The van der Waals surface area contributed by atoms with Crippen molar-refractivity contribution in [2.45, 2.75) is 33.0 Å². The van der Waals surface area contributed by atoms with Crippen molar-refractivity contribution in [1.29, 1.82) is 0 Å². The van der Waals surface area contributed by atoms with E-state index >= 15 is 0 Å². The Morgan fingerprint density at radius 1 is 1.25 bits per heavy atom. The highest BCUT2D eigenvalue weighted by Gasteiger charge is 2.23. The summed E-state index contributed by atoms with van der Waals surface area (Å²) in [5, 5.41) is 0. The zero-order chi connectivity index (χ0) is 11.7. The number of hydrogen-bond donors (Lipinski definition) is 0. The standard InChI is InChI=1S/C13H18BrNO/c1-9-4-5-13(12(14)6-9)15-7-10(2)16-11(3)8-15/h4-6,10-11H,7-8H2,1-3H3/t10-,11+. The van der Waals surface area contributed by atoms with Gasteiger partial charge in [-0.25, -0.2) is 0 Å². The van der Waals surface area contributed by atoms with Gasteiger partial charge in [-0.3, -0.25) is 0 Å². The van der Waals surface area contributed by atoms with E-state index in [0.29, 0.717) is 12.2 Å². The maximum atomic E-state index is 5.74. The number of benzene rings is 1. The molecule has 1 aliphatic heterocycles. The summed E-state index contributed by atoms with van der Waals surface area (Å²) in [6, 6.07) is 6.51. The Kier molecular flexibility index (Phi) is 3.55. The molecule has 0 saturated carbocycles. The predicted molar refractivity (Wildman–Crippen MR) is 71.1 cm³/mol. The van der Waals surface area contributed by atoms with E-state index in [2.05, 4.69) is 59.8 Å². The Bertz CT molecular complexity index is 370. The van der Waals surface area contributed by atoms with Gasteiger partial charge in [-0.1, -0.05) is 6.07 Å². The molecule has 0 spiro atoms. The molecule has 1 aromatic rings. The number of halogens is 1. The van der Waals surface area contributed by atoms with Crippen LogP contribution in [-0.4, -0.2) is 25.3 Å². The predicted octanol–water partition coefficient (Wildman–Crippen LogP) is 3.37. The summed E-state index contributed by atoms with van der Waals surface area (Å²) >= 11 is 3.64. The van der Waals surface area contributed by atoms with Crippen LogP contribution in [0.5, 0.6) is 0 Å². The van der Waals surface area contributed by atoms with E-state index in [1.165, 1.54) is 15.7 Å². The van der Waals surface area contributed by atoms with Crippen molar-refractivity contribution in [3.05, 3.63) is 28.2 Å². The Balaban J connectivity index is 2.23. The van der Waals surface area contributed by atoms with Crippen LogP contribution in [0.15, 0.2) is 22.7 Å². The first-order valence-electron chi connectivity index (χ1n) is 5.73. The van der Waals surface area contributed by atoms with Crippen molar-refractivity contribution in [3.8, 4) is 0 Å². The number of anilines is 1. The molecule has 88 valence electrons. The highest BCUT2D eigenvalue weighted by Crippen LogP contribution is 2.29. The molecule has 1 saturated heterocycles. The summed E-state index contributed by atoms with van der Waals surface area (Å²) < 4.78 is 6.92. The minimum absolute atomic E-state index is 0.303. The van der Waals surface area contributed by atoms with E-state index in [9.17, 15) is 0 Å². The number of ether oxygens (including phenoxy) is 1. The first-order chi connectivity index (χ1) is 7.56. The highest BCUT2D eigenvalue weighted by molar-refractivity contribution is 9.10. The molecule has 0 aromatic heterocycles. The first-order valence-corrected chi connectivity index (χ1v) is 6.52. The maximum Gasteiger partial charge on any atom is 0.0726 e. The highest BCUT2D eigenvalue weighted by atomic mass is 79.9. The fourth-order valence-electron chi connectivity index (χ4n) is 2.24. The number of aryl methyl sites for hydroxylation is 1. The molecule has 1 aromatic carbocycles. The van der Waals surface area contributed by atoms with Gasteiger partial charge in [0.15, 0.2) is 0 Å². The Morgan fingerprint density at radius 3 is 2.44 bits per heavy atom. The lowest BCUT2D eigenvalue weighted by Crippen LogP contribution is -2.45. The molecular formula is C13H18BrNO. The summed E-state index contributed by atoms with van der Waals surface area (Å²) in [6.45, 7) is 8.30. The molecule has 1 heterocycles. The van der Waals surface area contributed by atoms with Gasteiger partial charge in [0.05, 0.1) is 17.9 Å². The van der Waals surface area contributed by atoms with Crippen LogP contribution >= 0.6 is 15.9 Å². The zero-order valence-corrected chi connectivity index (χ0v) is 11.6. The molecule has 0 radical (unpaired) electrons. The lowest BCUT2D eigenvalue weighted by Gasteiger charge is -2.37. The minimum Gasteiger partial charge on any atom is -0.372 e. The van der Waals surface area contributed by atoms with Crippen LogP contribution in [0.4, 0.5) is 5.69 Å². The van der Waals surface area contributed by atoms with Crippen LogP contribution in [0.2, 0.25) is 0 Å². The number of nitrogens with zero attached hydrogens (tertiary/aromatic N) is 1. The lowest BCUT2D eigenvalue weighted by molar-refractivity contribution is -0.00525. The van der Waals surface area contributed by atoms with Crippen molar-refractivity contribution in [2.24, 2.45) is 0 Å². The molecule has 3 heteroatoms. The number of hydrogen-bond acceptors (Lipinski definition) is 2. The van der Waals surface area contributed by atoms with Crippen molar-refractivity contribution < 1.29 is 4.74 Å². The first kappa shape index (κ1) is 11.9. The van der Waals surface area contributed by atoms with Gasteiger partial charge in [0.25, 0.3) is 0 Å². The van der Waals surface area contributed by atoms with Gasteiger partial charge in [-0.05, 0) is 54.4 Å². The monoisotopic (exact) mass is 283 g/mol. The second-order valence-corrected chi connectivity index (χ2v) is 5.47. The summed E-state index contributed by atoms with van der Waals surface area (Å²) in [5.74, 6) is 0.